The van der Waals surface area contributed by atoms with Crippen molar-refractivity contribution in [1.29, 1.82) is 0 Å². The van der Waals surface area contributed by atoms with Crippen molar-refractivity contribution in [2.24, 2.45) is 5.92 Å². The number of halogens is 2. The third-order valence-electron chi connectivity index (χ3n) is 3.30. The van der Waals surface area contributed by atoms with E-state index < -0.39 is 19.0 Å². The predicted molar refractivity (Wildman–Crippen MR) is 68.7 cm³/mol. The maximum Gasteiger partial charge on any atom is 0.255 e. The fraction of sp³-hybridized carbons (Fsp3) is 0.500. The van der Waals surface area contributed by atoms with Gasteiger partial charge in [0.25, 0.3) is 6.43 Å². The van der Waals surface area contributed by atoms with Gasteiger partial charge in [-0.05, 0) is 11.5 Å². The quantitative estimate of drug-likeness (QED) is 0.909. The van der Waals surface area contributed by atoms with E-state index in [4.69, 9.17) is 0 Å². The minimum atomic E-state index is -2.51. The van der Waals surface area contributed by atoms with Crippen LogP contribution in [0.25, 0.3) is 0 Å². The van der Waals surface area contributed by atoms with Crippen molar-refractivity contribution < 1.29 is 13.6 Å². The molecular weight excluding hydrogens is 250 g/mol. The van der Waals surface area contributed by atoms with Crippen LogP contribution >= 0.6 is 0 Å². The van der Waals surface area contributed by atoms with Gasteiger partial charge >= 0.3 is 0 Å². The molecule has 2 rings (SSSR count). The molecule has 1 heterocycles. The fourth-order valence-electron chi connectivity index (χ4n) is 2.42. The maximum absolute atomic E-state index is 12.6. The summed E-state index contributed by atoms with van der Waals surface area (Å²) in [5.41, 5.74) is 0.815. The molecule has 1 amide bonds. The van der Waals surface area contributed by atoms with Gasteiger partial charge in [0.15, 0.2) is 0 Å². The second-order valence-corrected chi connectivity index (χ2v) is 5.08. The molecule has 5 heteroatoms. The van der Waals surface area contributed by atoms with Crippen molar-refractivity contribution in [1.82, 2.24) is 10.2 Å². The Morgan fingerprint density at radius 2 is 1.89 bits per heavy atom. The van der Waals surface area contributed by atoms with Crippen molar-refractivity contribution in [3.8, 4) is 0 Å². The molecule has 1 aliphatic heterocycles. The van der Waals surface area contributed by atoms with Gasteiger partial charge in [-0.1, -0.05) is 44.2 Å². The summed E-state index contributed by atoms with van der Waals surface area (Å²) < 4.78 is 25.2. The summed E-state index contributed by atoms with van der Waals surface area (Å²) in [7, 11) is 0. The second kappa shape index (κ2) is 5.65. The second-order valence-electron chi connectivity index (χ2n) is 5.08. The van der Waals surface area contributed by atoms with Gasteiger partial charge in [0.2, 0.25) is 5.91 Å². The van der Waals surface area contributed by atoms with Crippen LogP contribution in [0.3, 0.4) is 0 Å². The molecule has 1 N–H and O–H groups in total. The molecule has 0 saturated carbocycles. The number of carbonyl (C=O) groups is 1. The lowest BCUT2D eigenvalue weighted by atomic mass is 10.1. The summed E-state index contributed by atoms with van der Waals surface area (Å²) >= 11 is 0. The van der Waals surface area contributed by atoms with Crippen LogP contribution in [0, 0.1) is 5.92 Å². The van der Waals surface area contributed by atoms with Crippen molar-refractivity contribution in [2.75, 3.05) is 6.54 Å². The lowest BCUT2D eigenvalue weighted by Crippen LogP contribution is -2.43. The topological polar surface area (TPSA) is 32.3 Å². The molecule has 0 bridgehead atoms. The predicted octanol–water partition coefficient (Wildman–Crippen LogP) is 2.41. The van der Waals surface area contributed by atoms with E-state index in [2.05, 4.69) is 5.32 Å². The van der Waals surface area contributed by atoms with Crippen LogP contribution in [0.2, 0.25) is 0 Å². The molecular formula is C14H18F2N2O. The molecule has 1 saturated heterocycles. The Kier molecular flexibility index (Phi) is 4.14. The number of benzene rings is 1. The highest BCUT2D eigenvalue weighted by Gasteiger charge is 2.41. The summed E-state index contributed by atoms with van der Waals surface area (Å²) in [5.74, 6) is -0.193. The number of hydrogen-bond donors (Lipinski definition) is 1. The first-order chi connectivity index (χ1) is 9.00. The van der Waals surface area contributed by atoms with E-state index in [9.17, 15) is 13.6 Å². The van der Waals surface area contributed by atoms with Crippen LogP contribution in [0.4, 0.5) is 8.78 Å². The highest BCUT2D eigenvalue weighted by molar-refractivity contribution is 5.85. The molecule has 3 nitrogen and oxygen atoms in total. The van der Waals surface area contributed by atoms with Gasteiger partial charge in [0, 0.05) is 0 Å². The molecule has 1 aromatic rings. The smallest absolute Gasteiger partial charge is 0.255 e. The third kappa shape index (κ3) is 2.92. The van der Waals surface area contributed by atoms with Gasteiger partial charge in [-0.3, -0.25) is 10.1 Å². The Labute approximate surface area is 111 Å². The van der Waals surface area contributed by atoms with Gasteiger partial charge in [-0.15, -0.1) is 0 Å². The summed E-state index contributed by atoms with van der Waals surface area (Å²) in [6.07, 6.45) is -2.85. The molecule has 2 unspecified atom stereocenters. The Balaban J connectivity index is 2.23. The van der Waals surface area contributed by atoms with Crippen molar-refractivity contribution in [3.05, 3.63) is 35.9 Å². The van der Waals surface area contributed by atoms with Gasteiger partial charge in [0.1, 0.15) is 6.04 Å². The first-order valence-electron chi connectivity index (χ1n) is 6.40. The Hall–Kier alpha value is -1.49. The zero-order chi connectivity index (χ0) is 14.0. The van der Waals surface area contributed by atoms with E-state index in [0.717, 1.165) is 5.56 Å². The molecule has 104 valence electrons. The van der Waals surface area contributed by atoms with Crippen LogP contribution in [0.1, 0.15) is 25.5 Å². The standard InChI is InChI=1S/C14H18F2N2O/c1-9(2)13-17-12(10-6-4-3-5-7-10)14(19)18(13)8-11(15)16/h3-7,9,11-13,17H,8H2,1-2H3. The van der Waals surface area contributed by atoms with E-state index >= 15 is 0 Å². The zero-order valence-corrected chi connectivity index (χ0v) is 11.0. The van der Waals surface area contributed by atoms with Crippen LogP contribution in [-0.2, 0) is 4.79 Å². The number of amides is 1. The van der Waals surface area contributed by atoms with E-state index in [0.29, 0.717) is 0 Å². The van der Waals surface area contributed by atoms with E-state index in [-0.39, 0.29) is 18.0 Å². The lowest BCUT2D eigenvalue weighted by molar-refractivity contribution is -0.132. The van der Waals surface area contributed by atoms with Gasteiger partial charge in [0.05, 0.1) is 12.7 Å². The molecule has 0 radical (unpaired) electrons. The minimum Gasteiger partial charge on any atom is -0.319 e. The third-order valence-corrected chi connectivity index (χ3v) is 3.30. The van der Waals surface area contributed by atoms with Gasteiger partial charge < -0.3 is 4.90 Å². The molecule has 1 fully saturated rings. The molecule has 1 aliphatic rings. The molecule has 0 spiro atoms. The number of carbonyl (C=O) groups excluding carboxylic acids is 1. The number of alkyl halides is 2. The molecule has 1 aromatic carbocycles. The number of hydrogen-bond acceptors (Lipinski definition) is 2. The van der Waals surface area contributed by atoms with Crippen molar-refractivity contribution >= 4 is 5.91 Å². The Morgan fingerprint density at radius 3 is 2.42 bits per heavy atom. The van der Waals surface area contributed by atoms with Crippen LogP contribution in [0.5, 0.6) is 0 Å². The monoisotopic (exact) mass is 268 g/mol. The molecule has 0 aliphatic carbocycles. The normalized spacial score (nSPS) is 23.7. The minimum absolute atomic E-state index is 0.0800. The SMILES string of the molecule is CC(C)C1NC(c2ccccc2)C(=O)N1CC(F)F. The number of nitrogens with zero attached hydrogens (tertiary/aromatic N) is 1. The molecule has 0 aromatic heterocycles. The average Bonchev–Trinajstić information content (AvgIpc) is 2.68. The highest BCUT2D eigenvalue weighted by Crippen LogP contribution is 2.27. The van der Waals surface area contributed by atoms with Crippen molar-refractivity contribution in [3.63, 3.8) is 0 Å². The van der Waals surface area contributed by atoms with E-state index in [1.807, 2.05) is 44.2 Å². The summed E-state index contributed by atoms with van der Waals surface area (Å²) in [6, 6.07) is 8.68. The van der Waals surface area contributed by atoms with Crippen LogP contribution in [0.15, 0.2) is 30.3 Å². The Bertz CT molecular complexity index is 436. The molecule has 2 atom stereocenters. The summed E-state index contributed by atoms with van der Waals surface area (Å²) in [4.78, 5) is 13.5. The number of rotatable bonds is 4. The largest absolute Gasteiger partial charge is 0.319 e. The number of nitrogens with one attached hydrogen (secondary N) is 1. The van der Waals surface area contributed by atoms with Crippen molar-refractivity contribution in [2.45, 2.75) is 32.5 Å². The first-order valence-corrected chi connectivity index (χ1v) is 6.40. The van der Waals surface area contributed by atoms with Gasteiger partial charge in [-0.2, -0.15) is 0 Å². The highest BCUT2D eigenvalue weighted by atomic mass is 19.3. The molecule has 19 heavy (non-hydrogen) atoms. The average molecular weight is 268 g/mol. The summed E-state index contributed by atoms with van der Waals surface area (Å²) in [5, 5.41) is 3.15. The summed E-state index contributed by atoms with van der Waals surface area (Å²) in [6.45, 7) is 3.31. The fourth-order valence-corrected chi connectivity index (χ4v) is 2.42. The maximum atomic E-state index is 12.6. The van der Waals surface area contributed by atoms with E-state index in [1.165, 1.54) is 4.90 Å². The zero-order valence-electron chi connectivity index (χ0n) is 11.0. The van der Waals surface area contributed by atoms with Crippen LogP contribution < -0.4 is 5.32 Å². The Morgan fingerprint density at radius 1 is 1.26 bits per heavy atom. The van der Waals surface area contributed by atoms with Crippen LogP contribution in [-0.4, -0.2) is 29.9 Å². The van der Waals surface area contributed by atoms with E-state index in [1.54, 1.807) is 0 Å². The lowest BCUT2D eigenvalue weighted by Gasteiger charge is -2.26. The van der Waals surface area contributed by atoms with Gasteiger partial charge in [-0.25, -0.2) is 8.78 Å². The first kappa shape index (κ1) is 13.9.